The zero-order valence-electron chi connectivity index (χ0n) is 18.6. The molecule has 1 heterocycles. The number of aromatic nitrogens is 1. The molecule has 33 heavy (non-hydrogen) atoms. The highest BCUT2D eigenvalue weighted by Crippen LogP contribution is 2.35. The van der Waals surface area contributed by atoms with Crippen molar-refractivity contribution in [2.24, 2.45) is 0 Å². The molecule has 5 nitrogen and oxygen atoms in total. The van der Waals surface area contributed by atoms with E-state index in [1.807, 2.05) is 67.6 Å². The minimum absolute atomic E-state index is 0.471. The van der Waals surface area contributed by atoms with Gasteiger partial charge in [-0.2, -0.15) is 0 Å². The molecule has 0 bridgehead atoms. The topological polar surface area (TPSA) is 41.9 Å². The van der Waals surface area contributed by atoms with Crippen molar-refractivity contribution in [1.29, 1.82) is 0 Å². The predicted octanol–water partition coefficient (Wildman–Crippen LogP) is 6.54. The maximum absolute atomic E-state index is 6.31. The standard InChI is InChI=1S/C26H27Cl2NO4/c1-2-30-11-12-31-13-14-32-15-16-33-22-7-5-21(6-8-22)29-25-17-19(27)3-9-23(25)24-10-4-20(28)18-26(24)29/h3-10,17-18H,2,11-16H2,1H3. The molecule has 174 valence electrons. The summed E-state index contributed by atoms with van der Waals surface area (Å²) < 4.78 is 24.2. The van der Waals surface area contributed by atoms with Crippen molar-refractivity contribution in [2.75, 3.05) is 46.2 Å². The van der Waals surface area contributed by atoms with Gasteiger partial charge in [0.15, 0.2) is 0 Å². The Bertz CT molecular complexity index is 1130. The Hall–Kier alpha value is -2.28. The number of ether oxygens (including phenoxy) is 4. The number of nitrogens with zero attached hydrogens (tertiary/aromatic N) is 1. The number of benzene rings is 3. The van der Waals surface area contributed by atoms with Gasteiger partial charge in [0.25, 0.3) is 0 Å². The number of hydrogen-bond acceptors (Lipinski definition) is 4. The Morgan fingerprint density at radius 3 is 1.70 bits per heavy atom. The fourth-order valence-corrected chi connectivity index (χ4v) is 4.07. The first-order valence-electron chi connectivity index (χ1n) is 11.0. The van der Waals surface area contributed by atoms with Crippen LogP contribution in [0.25, 0.3) is 27.5 Å². The van der Waals surface area contributed by atoms with E-state index in [2.05, 4.69) is 4.57 Å². The zero-order valence-corrected chi connectivity index (χ0v) is 20.1. The van der Waals surface area contributed by atoms with Gasteiger partial charge >= 0.3 is 0 Å². The second-order valence-electron chi connectivity index (χ2n) is 7.42. The van der Waals surface area contributed by atoms with Crippen LogP contribution in [0.4, 0.5) is 0 Å². The molecule has 4 aromatic rings. The molecule has 0 spiro atoms. The van der Waals surface area contributed by atoms with E-state index in [0.717, 1.165) is 33.2 Å². The lowest BCUT2D eigenvalue weighted by molar-refractivity contribution is 0.0114. The van der Waals surface area contributed by atoms with Crippen LogP contribution in [0.5, 0.6) is 5.75 Å². The van der Waals surface area contributed by atoms with Crippen LogP contribution in [0.15, 0.2) is 60.7 Å². The van der Waals surface area contributed by atoms with Gasteiger partial charge in [0.1, 0.15) is 12.4 Å². The molecule has 3 aromatic carbocycles. The van der Waals surface area contributed by atoms with Crippen LogP contribution in [0.2, 0.25) is 10.0 Å². The number of halogens is 2. The molecule has 1 aromatic heterocycles. The average Bonchev–Trinajstić information content (AvgIpc) is 3.13. The first-order chi connectivity index (χ1) is 16.2. The smallest absolute Gasteiger partial charge is 0.119 e. The molecule has 0 unspecified atom stereocenters. The molecule has 0 amide bonds. The monoisotopic (exact) mass is 487 g/mol. The number of fused-ring (bicyclic) bond motifs is 3. The molecular weight excluding hydrogens is 461 g/mol. The average molecular weight is 488 g/mol. The Morgan fingerprint density at radius 2 is 1.15 bits per heavy atom. The van der Waals surface area contributed by atoms with Crippen LogP contribution in [0, 0.1) is 0 Å². The molecule has 0 aliphatic carbocycles. The van der Waals surface area contributed by atoms with E-state index >= 15 is 0 Å². The first kappa shape index (κ1) is 23.9. The summed E-state index contributed by atoms with van der Waals surface area (Å²) in [6.07, 6.45) is 0. The fourth-order valence-electron chi connectivity index (χ4n) is 3.74. The molecule has 0 aliphatic heterocycles. The van der Waals surface area contributed by atoms with E-state index < -0.39 is 0 Å². The van der Waals surface area contributed by atoms with Crippen molar-refractivity contribution in [3.8, 4) is 11.4 Å². The third-order valence-electron chi connectivity index (χ3n) is 5.23. The third kappa shape index (κ3) is 5.99. The van der Waals surface area contributed by atoms with Crippen LogP contribution < -0.4 is 4.74 Å². The molecule has 0 saturated carbocycles. The minimum Gasteiger partial charge on any atom is -0.491 e. The molecule has 0 fully saturated rings. The third-order valence-corrected chi connectivity index (χ3v) is 5.70. The molecule has 0 atom stereocenters. The summed E-state index contributed by atoms with van der Waals surface area (Å²) in [5.74, 6) is 0.784. The van der Waals surface area contributed by atoms with E-state index in [-0.39, 0.29) is 0 Å². The predicted molar refractivity (Wildman–Crippen MR) is 134 cm³/mol. The lowest BCUT2D eigenvalue weighted by atomic mass is 10.1. The Labute approximate surface area is 203 Å². The Morgan fingerprint density at radius 1 is 0.636 bits per heavy atom. The maximum atomic E-state index is 6.31. The highest BCUT2D eigenvalue weighted by Gasteiger charge is 2.13. The van der Waals surface area contributed by atoms with Crippen LogP contribution in [0.3, 0.4) is 0 Å². The van der Waals surface area contributed by atoms with Crippen molar-refractivity contribution < 1.29 is 18.9 Å². The van der Waals surface area contributed by atoms with Gasteiger partial charge in [0, 0.05) is 33.1 Å². The summed E-state index contributed by atoms with van der Waals surface area (Å²) in [6, 6.07) is 19.9. The van der Waals surface area contributed by atoms with Crippen LogP contribution in [0.1, 0.15) is 6.92 Å². The maximum Gasteiger partial charge on any atom is 0.119 e. The molecule has 0 saturated heterocycles. The lowest BCUT2D eigenvalue weighted by Crippen LogP contribution is -2.12. The normalized spacial score (nSPS) is 11.5. The zero-order chi connectivity index (χ0) is 23.0. The van der Waals surface area contributed by atoms with Crippen molar-refractivity contribution in [3.05, 3.63) is 70.7 Å². The Balaban J connectivity index is 1.37. The van der Waals surface area contributed by atoms with Crippen molar-refractivity contribution in [2.45, 2.75) is 6.92 Å². The number of rotatable bonds is 12. The van der Waals surface area contributed by atoms with Crippen LogP contribution in [-0.2, 0) is 14.2 Å². The van der Waals surface area contributed by atoms with E-state index in [1.165, 1.54) is 0 Å². The second-order valence-corrected chi connectivity index (χ2v) is 8.30. The number of hydrogen-bond donors (Lipinski definition) is 0. The molecule has 0 aliphatic rings. The molecule has 7 heteroatoms. The quantitative estimate of drug-likeness (QED) is 0.213. The summed E-state index contributed by atoms with van der Waals surface area (Å²) in [6.45, 7) is 5.93. The van der Waals surface area contributed by atoms with Crippen molar-refractivity contribution in [1.82, 2.24) is 4.57 Å². The van der Waals surface area contributed by atoms with Gasteiger partial charge in [-0.3, -0.25) is 0 Å². The van der Waals surface area contributed by atoms with Crippen LogP contribution >= 0.6 is 23.2 Å². The van der Waals surface area contributed by atoms with E-state index in [4.69, 9.17) is 42.1 Å². The van der Waals surface area contributed by atoms with Gasteiger partial charge in [0.2, 0.25) is 0 Å². The fraction of sp³-hybridized carbons (Fsp3) is 0.308. The largest absolute Gasteiger partial charge is 0.491 e. The van der Waals surface area contributed by atoms with E-state index in [1.54, 1.807) is 0 Å². The van der Waals surface area contributed by atoms with Gasteiger partial charge in [0.05, 0.1) is 44.1 Å². The summed E-state index contributed by atoms with van der Waals surface area (Å²) in [4.78, 5) is 0. The summed E-state index contributed by atoms with van der Waals surface area (Å²) in [5, 5.41) is 3.64. The molecule has 4 rings (SSSR count). The Kier molecular flexibility index (Phi) is 8.48. The van der Waals surface area contributed by atoms with Crippen molar-refractivity contribution in [3.63, 3.8) is 0 Å². The van der Waals surface area contributed by atoms with Gasteiger partial charge in [-0.25, -0.2) is 0 Å². The van der Waals surface area contributed by atoms with Crippen LogP contribution in [-0.4, -0.2) is 50.8 Å². The SMILES string of the molecule is CCOCCOCCOCCOc1ccc(-n2c3cc(Cl)ccc3c3ccc(Cl)cc32)cc1. The summed E-state index contributed by atoms with van der Waals surface area (Å²) in [7, 11) is 0. The molecule has 0 N–H and O–H groups in total. The first-order valence-corrected chi connectivity index (χ1v) is 11.8. The van der Waals surface area contributed by atoms with E-state index in [0.29, 0.717) is 56.3 Å². The van der Waals surface area contributed by atoms with Gasteiger partial charge in [-0.1, -0.05) is 35.3 Å². The van der Waals surface area contributed by atoms with Gasteiger partial charge in [-0.15, -0.1) is 0 Å². The highest BCUT2D eigenvalue weighted by molar-refractivity contribution is 6.32. The molecular formula is C26H27Cl2NO4. The van der Waals surface area contributed by atoms with E-state index in [9.17, 15) is 0 Å². The summed E-state index contributed by atoms with van der Waals surface area (Å²) >= 11 is 12.6. The lowest BCUT2D eigenvalue weighted by Gasteiger charge is -2.11. The van der Waals surface area contributed by atoms with Gasteiger partial charge < -0.3 is 23.5 Å². The van der Waals surface area contributed by atoms with Gasteiger partial charge in [-0.05, 0) is 55.5 Å². The highest BCUT2D eigenvalue weighted by atomic mass is 35.5. The molecule has 0 radical (unpaired) electrons. The minimum atomic E-state index is 0.471. The second kappa shape index (κ2) is 11.7. The van der Waals surface area contributed by atoms with Crippen molar-refractivity contribution >= 4 is 45.0 Å². The summed E-state index contributed by atoms with van der Waals surface area (Å²) in [5.41, 5.74) is 3.07.